The average molecular weight is 363 g/mol. The molecular formula is C13H13BrF2N2OS. The molecule has 1 aromatic rings. The maximum absolute atomic E-state index is 13.7. The smallest absolute Gasteiger partial charge is 0.257 e. The summed E-state index contributed by atoms with van der Waals surface area (Å²) in [5, 5.41) is 2.63. The number of hydrogen-bond acceptors (Lipinski definition) is 2. The maximum atomic E-state index is 13.7. The second kappa shape index (κ2) is 6.13. The van der Waals surface area contributed by atoms with Gasteiger partial charge in [-0.1, -0.05) is 34.6 Å². The Morgan fingerprint density at radius 1 is 1.35 bits per heavy atom. The van der Waals surface area contributed by atoms with Gasteiger partial charge >= 0.3 is 0 Å². The van der Waals surface area contributed by atoms with Crippen molar-refractivity contribution in [3.63, 3.8) is 0 Å². The van der Waals surface area contributed by atoms with Crippen LogP contribution >= 0.6 is 28.1 Å². The highest BCUT2D eigenvalue weighted by Gasteiger charge is 2.32. The minimum atomic E-state index is -0.903. The fourth-order valence-corrected chi connectivity index (χ4v) is 3.16. The summed E-state index contributed by atoms with van der Waals surface area (Å²) >= 11 is 7.91. The monoisotopic (exact) mass is 362 g/mol. The summed E-state index contributed by atoms with van der Waals surface area (Å²) in [5.74, 6) is -2.70. The Bertz CT molecular complexity index is 544. The van der Waals surface area contributed by atoms with Gasteiger partial charge in [-0.3, -0.25) is 4.79 Å². The first-order valence-electron chi connectivity index (χ1n) is 6.15. The standard InChI is InChI=1S/C13H13BrF2N2OS/c14-6-4-8(15)11(9(16)5-6)13(19)18-10-3-1-2-7(10)12(17)20/h4-5,7,10H,1-3H2,(H2,17,20)(H,18,19). The molecule has 2 rings (SSSR count). The van der Waals surface area contributed by atoms with Crippen LogP contribution in [0.5, 0.6) is 0 Å². The van der Waals surface area contributed by atoms with Crippen LogP contribution in [0.2, 0.25) is 0 Å². The number of carbonyl (C=O) groups excluding carboxylic acids is 1. The molecule has 0 spiro atoms. The predicted octanol–water partition coefficient (Wildman–Crippen LogP) is 2.91. The van der Waals surface area contributed by atoms with Crippen LogP contribution in [-0.2, 0) is 0 Å². The van der Waals surface area contributed by atoms with E-state index in [0.29, 0.717) is 11.4 Å². The Morgan fingerprint density at radius 3 is 2.50 bits per heavy atom. The van der Waals surface area contributed by atoms with Crippen LogP contribution in [0.3, 0.4) is 0 Å². The Hall–Kier alpha value is -1.08. The molecule has 1 aliphatic rings. The highest BCUT2D eigenvalue weighted by Crippen LogP contribution is 2.27. The molecule has 1 aliphatic carbocycles. The van der Waals surface area contributed by atoms with Gasteiger partial charge in [-0.25, -0.2) is 8.78 Å². The SMILES string of the molecule is NC(=S)C1CCCC1NC(=O)c1c(F)cc(Br)cc1F. The summed E-state index contributed by atoms with van der Waals surface area (Å²) in [6, 6.07) is 1.84. The summed E-state index contributed by atoms with van der Waals surface area (Å²) in [5.41, 5.74) is 5.03. The molecule has 108 valence electrons. The van der Waals surface area contributed by atoms with E-state index in [1.807, 2.05) is 0 Å². The van der Waals surface area contributed by atoms with Gasteiger partial charge in [0.25, 0.3) is 5.91 Å². The summed E-state index contributed by atoms with van der Waals surface area (Å²) in [4.78, 5) is 12.4. The summed E-state index contributed by atoms with van der Waals surface area (Å²) in [6.07, 6.45) is 2.36. The van der Waals surface area contributed by atoms with E-state index < -0.39 is 23.1 Å². The average Bonchev–Trinajstić information content (AvgIpc) is 2.75. The molecule has 0 aromatic heterocycles. The lowest BCUT2D eigenvalue weighted by molar-refractivity contribution is 0.0925. The number of halogens is 3. The number of benzene rings is 1. The number of nitrogens with two attached hydrogens (primary N) is 1. The third kappa shape index (κ3) is 3.15. The number of nitrogens with one attached hydrogen (secondary N) is 1. The van der Waals surface area contributed by atoms with Crippen molar-refractivity contribution in [3.05, 3.63) is 33.8 Å². The van der Waals surface area contributed by atoms with Crippen molar-refractivity contribution in [2.24, 2.45) is 11.7 Å². The van der Waals surface area contributed by atoms with E-state index in [1.54, 1.807) is 0 Å². The lowest BCUT2D eigenvalue weighted by atomic mass is 10.0. The predicted molar refractivity (Wildman–Crippen MR) is 79.4 cm³/mol. The summed E-state index contributed by atoms with van der Waals surface area (Å²) in [7, 11) is 0. The van der Waals surface area contributed by atoms with Gasteiger partial charge in [-0.15, -0.1) is 0 Å². The van der Waals surface area contributed by atoms with E-state index in [4.69, 9.17) is 18.0 Å². The molecule has 3 N–H and O–H groups in total. The molecule has 3 nitrogen and oxygen atoms in total. The van der Waals surface area contributed by atoms with Gasteiger partial charge in [0, 0.05) is 16.4 Å². The zero-order valence-corrected chi connectivity index (χ0v) is 12.9. The van der Waals surface area contributed by atoms with Crippen molar-refractivity contribution in [1.82, 2.24) is 5.32 Å². The van der Waals surface area contributed by atoms with Crippen molar-refractivity contribution in [2.75, 3.05) is 0 Å². The van der Waals surface area contributed by atoms with E-state index in [2.05, 4.69) is 21.2 Å². The number of amides is 1. The first-order chi connectivity index (χ1) is 9.40. The van der Waals surface area contributed by atoms with Crippen molar-refractivity contribution in [2.45, 2.75) is 25.3 Å². The summed E-state index contributed by atoms with van der Waals surface area (Å²) in [6.45, 7) is 0. The molecule has 0 saturated heterocycles. The fraction of sp³-hybridized carbons (Fsp3) is 0.385. The lowest BCUT2D eigenvalue weighted by Gasteiger charge is -2.20. The van der Waals surface area contributed by atoms with Crippen molar-refractivity contribution in [3.8, 4) is 0 Å². The van der Waals surface area contributed by atoms with Crippen LogP contribution in [0.15, 0.2) is 16.6 Å². The molecule has 1 fully saturated rings. The Morgan fingerprint density at radius 2 is 1.95 bits per heavy atom. The third-order valence-electron chi connectivity index (χ3n) is 3.43. The molecule has 1 amide bonds. The molecule has 2 unspecified atom stereocenters. The van der Waals surface area contributed by atoms with Gasteiger partial charge in [0.1, 0.15) is 17.2 Å². The van der Waals surface area contributed by atoms with Gasteiger partial charge in [-0.05, 0) is 25.0 Å². The molecule has 7 heteroatoms. The normalized spacial score (nSPS) is 21.8. The molecule has 2 atom stereocenters. The number of thiocarbonyl (C=S) groups is 1. The van der Waals surface area contributed by atoms with Crippen molar-refractivity contribution < 1.29 is 13.6 Å². The van der Waals surface area contributed by atoms with Crippen molar-refractivity contribution >= 4 is 39.0 Å². The second-order valence-electron chi connectivity index (χ2n) is 4.76. The summed E-state index contributed by atoms with van der Waals surface area (Å²) < 4.78 is 27.7. The number of rotatable bonds is 3. The van der Waals surface area contributed by atoms with Crippen LogP contribution < -0.4 is 11.1 Å². The second-order valence-corrected chi connectivity index (χ2v) is 6.15. The zero-order chi connectivity index (χ0) is 14.9. The molecule has 20 heavy (non-hydrogen) atoms. The first kappa shape index (κ1) is 15.3. The Kier molecular flexibility index (Phi) is 4.70. The van der Waals surface area contributed by atoms with E-state index in [-0.39, 0.29) is 16.4 Å². The van der Waals surface area contributed by atoms with Crippen molar-refractivity contribution in [1.29, 1.82) is 0 Å². The van der Waals surface area contributed by atoms with Crippen LogP contribution in [0, 0.1) is 17.6 Å². The van der Waals surface area contributed by atoms with Gasteiger partial charge < -0.3 is 11.1 Å². The molecule has 0 aliphatic heterocycles. The highest BCUT2D eigenvalue weighted by molar-refractivity contribution is 9.10. The minimum absolute atomic E-state index is 0.115. The maximum Gasteiger partial charge on any atom is 0.257 e. The fourth-order valence-electron chi connectivity index (χ4n) is 2.47. The molecule has 0 radical (unpaired) electrons. The highest BCUT2D eigenvalue weighted by atomic mass is 79.9. The first-order valence-corrected chi connectivity index (χ1v) is 7.35. The van der Waals surface area contributed by atoms with Crippen LogP contribution in [0.4, 0.5) is 8.78 Å². The molecule has 1 saturated carbocycles. The number of carbonyl (C=O) groups is 1. The van der Waals surface area contributed by atoms with Crippen LogP contribution in [0.25, 0.3) is 0 Å². The lowest BCUT2D eigenvalue weighted by Crippen LogP contribution is -2.42. The van der Waals surface area contributed by atoms with E-state index in [9.17, 15) is 13.6 Å². The molecular weight excluding hydrogens is 350 g/mol. The van der Waals surface area contributed by atoms with Gasteiger partial charge in [0.15, 0.2) is 0 Å². The largest absolute Gasteiger partial charge is 0.393 e. The molecule has 1 aromatic carbocycles. The zero-order valence-electron chi connectivity index (χ0n) is 10.5. The van der Waals surface area contributed by atoms with E-state index in [0.717, 1.165) is 25.0 Å². The van der Waals surface area contributed by atoms with Gasteiger partial charge in [-0.2, -0.15) is 0 Å². The van der Waals surface area contributed by atoms with Gasteiger partial charge in [0.2, 0.25) is 0 Å². The quantitative estimate of drug-likeness (QED) is 0.812. The van der Waals surface area contributed by atoms with E-state index in [1.165, 1.54) is 0 Å². The van der Waals surface area contributed by atoms with Crippen LogP contribution in [-0.4, -0.2) is 16.9 Å². The minimum Gasteiger partial charge on any atom is -0.393 e. The molecule has 0 heterocycles. The number of hydrogen-bond donors (Lipinski definition) is 2. The van der Waals surface area contributed by atoms with Gasteiger partial charge in [0.05, 0.1) is 4.99 Å². The Labute approximate surface area is 129 Å². The topological polar surface area (TPSA) is 55.1 Å². The van der Waals surface area contributed by atoms with Crippen LogP contribution in [0.1, 0.15) is 29.6 Å². The third-order valence-corrected chi connectivity index (χ3v) is 4.19. The van der Waals surface area contributed by atoms with E-state index >= 15 is 0 Å². The molecule has 0 bridgehead atoms. The Balaban J connectivity index is 2.19.